The lowest BCUT2D eigenvalue weighted by Crippen LogP contribution is -2.12. The van der Waals surface area contributed by atoms with E-state index in [1.54, 1.807) is 24.3 Å². The van der Waals surface area contributed by atoms with Crippen LogP contribution in [0.2, 0.25) is 0 Å². The van der Waals surface area contributed by atoms with Crippen LogP contribution in [0.1, 0.15) is 0 Å². The Morgan fingerprint density at radius 1 is 1.18 bits per heavy atom. The van der Waals surface area contributed by atoms with E-state index in [4.69, 9.17) is 5.73 Å². The average molecular weight is 230 g/mol. The number of anilines is 2. The van der Waals surface area contributed by atoms with Crippen LogP contribution in [0.5, 0.6) is 5.75 Å². The first kappa shape index (κ1) is 11.2. The van der Waals surface area contributed by atoms with Gasteiger partial charge in [-0.05, 0) is 12.1 Å². The maximum atomic E-state index is 9.42. The fourth-order valence-electron chi connectivity index (χ4n) is 1.46. The molecule has 0 saturated heterocycles. The van der Waals surface area contributed by atoms with E-state index in [0.717, 1.165) is 11.4 Å². The highest BCUT2D eigenvalue weighted by atomic mass is 16.3. The largest absolute Gasteiger partial charge is 0.508 e. The van der Waals surface area contributed by atoms with E-state index in [1.807, 2.05) is 25.1 Å². The van der Waals surface area contributed by atoms with E-state index in [2.05, 4.69) is 9.97 Å². The molecule has 5 nitrogen and oxygen atoms in total. The Labute approximate surface area is 99.6 Å². The molecule has 1 aromatic carbocycles. The van der Waals surface area contributed by atoms with Crippen LogP contribution in [-0.4, -0.2) is 29.2 Å². The Morgan fingerprint density at radius 2 is 1.94 bits per heavy atom. The lowest BCUT2D eigenvalue weighted by atomic mass is 10.2. The van der Waals surface area contributed by atoms with Crippen LogP contribution in [0.4, 0.5) is 11.6 Å². The maximum absolute atomic E-state index is 9.42. The van der Waals surface area contributed by atoms with Crippen molar-refractivity contribution in [1.82, 2.24) is 9.97 Å². The van der Waals surface area contributed by atoms with Gasteiger partial charge in [-0.2, -0.15) is 0 Å². The lowest BCUT2D eigenvalue weighted by molar-refractivity contribution is 0.475. The second-order valence-electron chi connectivity index (χ2n) is 3.92. The number of hydrogen-bond donors (Lipinski definition) is 2. The Hall–Kier alpha value is -2.30. The molecule has 2 rings (SSSR count). The first-order valence-corrected chi connectivity index (χ1v) is 5.17. The van der Waals surface area contributed by atoms with Gasteiger partial charge in [0.1, 0.15) is 17.4 Å². The van der Waals surface area contributed by atoms with Gasteiger partial charge >= 0.3 is 0 Å². The topological polar surface area (TPSA) is 75.3 Å². The minimum atomic E-state index is 0.180. The van der Waals surface area contributed by atoms with Gasteiger partial charge in [0, 0.05) is 25.7 Å². The van der Waals surface area contributed by atoms with Gasteiger partial charge in [-0.15, -0.1) is 0 Å². The molecule has 0 spiro atoms. The summed E-state index contributed by atoms with van der Waals surface area (Å²) in [5.41, 5.74) is 6.47. The zero-order chi connectivity index (χ0) is 12.4. The predicted octanol–water partition coefficient (Wildman–Crippen LogP) is 1.50. The molecule has 0 atom stereocenters. The van der Waals surface area contributed by atoms with Gasteiger partial charge in [0.15, 0.2) is 5.82 Å². The summed E-state index contributed by atoms with van der Waals surface area (Å²) in [6, 6.07) is 8.48. The molecule has 3 N–H and O–H groups in total. The molecule has 17 heavy (non-hydrogen) atoms. The van der Waals surface area contributed by atoms with Crippen molar-refractivity contribution in [1.29, 1.82) is 0 Å². The molecular weight excluding hydrogens is 216 g/mol. The number of aromatic nitrogens is 2. The van der Waals surface area contributed by atoms with Gasteiger partial charge in [-0.25, -0.2) is 9.97 Å². The Balaban J connectivity index is 2.52. The number of nitrogens with two attached hydrogens (primary N) is 1. The van der Waals surface area contributed by atoms with Gasteiger partial charge in [-0.3, -0.25) is 0 Å². The molecule has 0 aliphatic rings. The number of aromatic hydroxyl groups is 1. The van der Waals surface area contributed by atoms with Crippen molar-refractivity contribution < 1.29 is 5.11 Å². The third-order valence-electron chi connectivity index (χ3n) is 2.29. The highest BCUT2D eigenvalue weighted by Crippen LogP contribution is 2.23. The number of phenols is 1. The zero-order valence-corrected chi connectivity index (χ0v) is 9.75. The number of phenolic OH excluding ortho intramolecular Hbond substituents is 1. The van der Waals surface area contributed by atoms with Crippen molar-refractivity contribution in [2.75, 3.05) is 24.7 Å². The Kier molecular flexibility index (Phi) is 2.82. The molecule has 1 heterocycles. The van der Waals surface area contributed by atoms with Crippen molar-refractivity contribution in [2.45, 2.75) is 0 Å². The maximum Gasteiger partial charge on any atom is 0.163 e. The lowest BCUT2D eigenvalue weighted by Gasteiger charge is -2.12. The summed E-state index contributed by atoms with van der Waals surface area (Å²) in [4.78, 5) is 10.4. The smallest absolute Gasteiger partial charge is 0.163 e. The molecule has 2 aromatic rings. The molecular formula is C12H14N4O. The Bertz CT molecular complexity index is 540. The average Bonchev–Trinajstić information content (AvgIpc) is 2.28. The normalized spacial score (nSPS) is 10.2. The van der Waals surface area contributed by atoms with Crippen LogP contribution < -0.4 is 10.6 Å². The summed E-state index contributed by atoms with van der Waals surface area (Å²) >= 11 is 0. The molecule has 0 aliphatic heterocycles. The molecule has 0 bridgehead atoms. The number of rotatable bonds is 2. The van der Waals surface area contributed by atoms with Crippen LogP contribution in [0, 0.1) is 0 Å². The summed E-state index contributed by atoms with van der Waals surface area (Å²) in [6.45, 7) is 0. The third kappa shape index (κ3) is 2.44. The summed E-state index contributed by atoms with van der Waals surface area (Å²) in [5, 5.41) is 9.42. The van der Waals surface area contributed by atoms with Crippen LogP contribution in [0.25, 0.3) is 11.4 Å². The van der Waals surface area contributed by atoms with Crippen molar-refractivity contribution in [3.05, 3.63) is 30.3 Å². The van der Waals surface area contributed by atoms with Crippen LogP contribution in [-0.2, 0) is 0 Å². The second-order valence-corrected chi connectivity index (χ2v) is 3.92. The summed E-state index contributed by atoms with van der Waals surface area (Å²) < 4.78 is 0. The molecule has 0 aliphatic carbocycles. The standard InChI is InChI=1S/C12H14N4O/c1-16(2)11-7-10(13)14-12(15-11)8-4-3-5-9(17)6-8/h3-7,17H,1-2H3,(H2,13,14,15). The van der Waals surface area contributed by atoms with Crippen LogP contribution in [0.15, 0.2) is 30.3 Å². The minimum Gasteiger partial charge on any atom is -0.508 e. The monoisotopic (exact) mass is 230 g/mol. The summed E-state index contributed by atoms with van der Waals surface area (Å²) in [7, 11) is 3.77. The van der Waals surface area contributed by atoms with Gasteiger partial charge in [0.05, 0.1) is 0 Å². The predicted molar refractivity (Wildman–Crippen MR) is 67.9 cm³/mol. The summed E-state index contributed by atoms with van der Waals surface area (Å²) in [6.07, 6.45) is 0. The van der Waals surface area contributed by atoms with Crippen LogP contribution in [0.3, 0.4) is 0 Å². The van der Waals surface area contributed by atoms with Crippen molar-refractivity contribution in [3.8, 4) is 17.1 Å². The van der Waals surface area contributed by atoms with Gasteiger partial charge in [-0.1, -0.05) is 12.1 Å². The van der Waals surface area contributed by atoms with E-state index in [0.29, 0.717) is 11.6 Å². The number of nitrogen functional groups attached to an aromatic ring is 1. The summed E-state index contributed by atoms with van der Waals surface area (Å²) in [5.74, 6) is 1.82. The van der Waals surface area contributed by atoms with Crippen molar-refractivity contribution >= 4 is 11.6 Å². The molecule has 0 fully saturated rings. The highest BCUT2D eigenvalue weighted by Gasteiger charge is 2.07. The first-order chi connectivity index (χ1) is 8.06. The minimum absolute atomic E-state index is 0.180. The number of nitrogens with zero attached hydrogens (tertiary/aromatic N) is 3. The third-order valence-corrected chi connectivity index (χ3v) is 2.29. The van der Waals surface area contributed by atoms with Gasteiger partial charge < -0.3 is 15.7 Å². The van der Waals surface area contributed by atoms with E-state index >= 15 is 0 Å². The molecule has 5 heteroatoms. The first-order valence-electron chi connectivity index (χ1n) is 5.17. The van der Waals surface area contributed by atoms with Crippen molar-refractivity contribution in [3.63, 3.8) is 0 Å². The van der Waals surface area contributed by atoms with Crippen molar-refractivity contribution in [2.24, 2.45) is 0 Å². The fraction of sp³-hybridized carbons (Fsp3) is 0.167. The fourth-order valence-corrected chi connectivity index (χ4v) is 1.46. The van der Waals surface area contributed by atoms with E-state index in [9.17, 15) is 5.11 Å². The highest BCUT2D eigenvalue weighted by molar-refractivity contribution is 5.62. The molecule has 1 aromatic heterocycles. The zero-order valence-electron chi connectivity index (χ0n) is 9.75. The number of benzene rings is 1. The molecule has 88 valence electrons. The molecule has 0 unspecified atom stereocenters. The number of hydrogen-bond acceptors (Lipinski definition) is 5. The molecule has 0 radical (unpaired) electrons. The van der Waals surface area contributed by atoms with E-state index < -0.39 is 0 Å². The molecule has 0 amide bonds. The Morgan fingerprint density at radius 3 is 2.59 bits per heavy atom. The quantitative estimate of drug-likeness (QED) is 0.817. The second kappa shape index (κ2) is 4.29. The molecule has 0 saturated carbocycles. The van der Waals surface area contributed by atoms with Crippen LogP contribution >= 0.6 is 0 Å². The van der Waals surface area contributed by atoms with E-state index in [1.165, 1.54) is 0 Å². The van der Waals surface area contributed by atoms with E-state index in [-0.39, 0.29) is 5.75 Å². The SMILES string of the molecule is CN(C)c1cc(N)nc(-c2cccc(O)c2)n1. The van der Waals surface area contributed by atoms with Gasteiger partial charge in [0.2, 0.25) is 0 Å². The van der Waals surface area contributed by atoms with Gasteiger partial charge in [0.25, 0.3) is 0 Å².